The molecule has 4 heteroatoms. The summed E-state index contributed by atoms with van der Waals surface area (Å²) in [5, 5.41) is 7.55. The zero-order chi connectivity index (χ0) is 11.5. The van der Waals surface area contributed by atoms with E-state index in [2.05, 4.69) is 11.9 Å². The lowest BCUT2D eigenvalue weighted by Crippen LogP contribution is -2.15. The van der Waals surface area contributed by atoms with Crippen LogP contribution in [-0.2, 0) is 6.42 Å². The van der Waals surface area contributed by atoms with Crippen LogP contribution in [0.1, 0.15) is 18.3 Å². The average Bonchev–Trinajstić information content (AvgIpc) is 2.76. The number of benzene rings is 1. The van der Waals surface area contributed by atoms with Crippen molar-refractivity contribution >= 4 is 5.84 Å². The number of para-hydroxylation sites is 1. The molecular formula is C12H14N4. The van der Waals surface area contributed by atoms with Gasteiger partial charge in [-0.2, -0.15) is 0 Å². The van der Waals surface area contributed by atoms with E-state index in [9.17, 15) is 0 Å². The molecular weight excluding hydrogens is 200 g/mol. The SMILES string of the molecule is CCc1nccn1-c1ccccc1C(=N)N. The summed E-state index contributed by atoms with van der Waals surface area (Å²) in [6.07, 6.45) is 4.50. The van der Waals surface area contributed by atoms with Crippen LogP contribution in [0.2, 0.25) is 0 Å². The first-order valence-corrected chi connectivity index (χ1v) is 5.20. The van der Waals surface area contributed by atoms with E-state index >= 15 is 0 Å². The van der Waals surface area contributed by atoms with Gasteiger partial charge in [-0.05, 0) is 12.1 Å². The molecule has 0 spiro atoms. The Morgan fingerprint density at radius 1 is 1.44 bits per heavy atom. The Balaban J connectivity index is 2.60. The molecule has 1 heterocycles. The monoisotopic (exact) mass is 214 g/mol. The smallest absolute Gasteiger partial charge is 0.124 e. The first-order valence-electron chi connectivity index (χ1n) is 5.20. The molecule has 3 N–H and O–H groups in total. The average molecular weight is 214 g/mol. The van der Waals surface area contributed by atoms with Crippen molar-refractivity contribution in [3.05, 3.63) is 48.0 Å². The predicted molar refractivity (Wildman–Crippen MR) is 64.0 cm³/mol. The van der Waals surface area contributed by atoms with Gasteiger partial charge >= 0.3 is 0 Å². The molecule has 1 aromatic carbocycles. The number of nitrogens with zero attached hydrogens (tertiary/aromatic N) is 2. The zero-order valence-corrected chi connectivity index (χ0v) is 9.14. The second-order valence-electron chi connectivity index (χ2n) is 3.50. The van der Waals surface area contributed by atoms with Crippen LogP contribution in [0, 0.1) is 5.41 Å². The standard InChI is InChI=1S/C12H14N4/c1-2-11-15-7-8-16(11)10-6-4-3-5-9(10)12(13)14/h3-8H,2H2,1H3,(H3,13,14). The van der Waals surface area contributed by atoms with Gasteiger partial charge in [-0.3, -0.25) is 5.41 Å². The Hall–Kier alpha value is -2.10. The van der Waals surface area contributed by atoms with E-state index in [1.165, 1.54) is 0 Å². The molecule has 0 unspecified atom stereocenters. The van der Waals surface area contributed by atoms with Crippen LogP contribution in [-0.4, -0.2) is 15.4 Å². The summed E-state index contributed by atoms with van der Waals surface area (Å²) in [6.45, 7) is 2.05. The summed E-state index contributed by atoms with van der Waals surface area (Å²) in [6, 6.07) is 7.60. The van der Waals surface area contributed by atoms with Crippen LogP contribution < -0.4 is 5.73 Å². The number of hydrogen-bond acceptors (Lipinski definition) is 2. The third kappa shape index (κ3) is 1.69. The highest BCUT2D eigenvalue weighted by Crippen LogP contribution is 2.16. The fourth-order valence-corrected chi connectivity index (χ4v) is 1.73. The number of imidazole rings is 1. The normalized spacial score (nSPS) is 10.3. The van der Waals surface area contributed by atoms with E-state index in [0.717, 1.165) is 23.5 Å². The first kappa shape index (κ1) is 10.4. The third-order valence-corrected chi connectivity index (χ3v) is 2.49. The Morgan fingerprint density at radius 2 is 2.19 bits per heavy atom. The molecule has 0 amide bonds. The summed E-state index contributed by atoms with van der Waals surface area (Å²) < 4.78 is 1.97. The molecule has 0 bridgehead atoms. The number of aromatic nitrogens is 2. The number of aryl methyl sites for hydroxylation is 1. The van der Waals surface area contributed by atoms with Crippen molar-refractivity contribution in [1.82, 2.24) is 9.55 Å². The number of rotatable bonds is 3. The van der Waals surface area contributed by atoms with Gasteiger partial charge in [0, 0.05) is 24.4 Å². The fraction of sp³-hybridized carbons (Fsp3) is 0.167. The van der Waals surface area contributed by atoms with Crippen LogP contribution >= 0.6 is 0 Å². The molecule has 0 aliphatic rings. The molecule has 4 nitrogen and oxygen atoms in total. The molecule has 0 aliphatic heterocycles. The van der Waals surface area contributed by atoms with Gasteiger partial charge in [-0.15, -0.1) is 0 Å². The van der Waals surface area contributed by atoms with Crippen molar-refractivity contribution in [2.24, 2.45) is 5.73 Å². The summed E-state index contributed by atoms with van der Waals surface area (Å²) in [4.78, 5) is 4.26. The first-order chi connectivity index (χ1) is 7.74. The van der Waals surface area contributed by atoms with Crippen molar-refractivity contribution in [3.63, 3.8) is 0 Å². The lowest BCUT2D eigenvalue weighted by Gasteiger charge is -2.11. The van der Waals surface area contributed by atoms with Gasteiger partial charge in [0.25, 0.3) is 0 Å². The molecule has 2 rings (SSSR count). The van der Waals surface area contributed by atoms with E-state index < -0.39 is 0 Å². The highest BCUT2D eigenvalue weighted by Gasteiger charge is 2.08. The maximum atomic E-state index is 7.55. The van der Waals surface area contributed by atoms with E-state index in [-0.39, 0.29) is 5.84 Å². The lowest BCUT2D eigenvalue weighted by molar-refractivity contribution is 0.889. The number of nitrogen functional groups attached to an aromatic ring is 1. The van der Waals surface area contributed by atoms with E-state index in [0.29, 0.717) is 0 Å². The van der Waals surface area contributed by atoms with Crippen LogP contribution in [0.25, 0.3) is 5.69 Å². The largest absolute Gasteiger partial charge is 0.384 e. The van der Waals surface area contributed by atoms with Crippen molar-refractivity contribution in [2.45, 2.75) is 13.3 Å². The molecule has 0 radical (unpaired) electrons. The molecule has 2 aromatic rings. The molecule has 0 saturated heterocycles. The number of nitrogens with two attached hydrogens (primary N) is 1. The topological polar surface area (TPSA) is 67.7 Å². The Bertz CT molecular complexity index is 513. The minimum Gasteiger partial charge on any atom is -0.384 e. The second kappa shape index (κ2) is 4.18. The van der Waals surface area contributed by atoms with Crippen molar-refractivity contribution < 1.29 is 0 Å². The van der Waals surface area contributed by atoms with E-state index in [4.69, 9.17) is 11.1 Å². The molecule has 16 heavy (non-hydrogen) atoms. The minimum absolute atomic E-state index is 0.0753. The second-order valence-corrected chi connectivity index (χ2v) is 3.50. The maximum absolute atomic E-state index is 7.55. The van der Waals surface area contributed by atoms with E-state index in [1.54, 1.807) is 6.20 Å². The van der Waals surface area contributed by atoms with Gasteiger partial charge in [0.15, 0.2) is 0 Å². The Morgan fingerprint density at radius 3 is 2.88 bits per heavy atom. The molecule has 0 atom stereocenters. The van der Waals surface area contributed by atoms with Gasteiger partial charge in [-0.25, -0.2) is 4.98 Å². The van der Waals surface area contributed by atoms with Crippen LogP contribution in [0.3, 0.4) is 0 Å². The Labute approximate surface area is 94.2 Å². The highest BCUT2D eigenvalue weighted by atomic mass is 15.1. The van der Waals surface area contributed by atoms with Gasteiger partial charge in [-0.1, -0.05) is 19.1 Å². The molecule has 0 aliphatic carbocycles. The number of amidine groups is 1. The highest BCUT2D eigenvalue weighted by molar-refractivity contribution is 5.98. The predicted octanol–water partition coefficient (Wildman–Crippen LogP) is 1.72. The van der Waals surface area contributed by atoms with Crippen LogP contribution in [0.4, 0.5) is 0 Å². The molecule has 1 aromatic heterocycles. The summed E-state index contributed by atoms with van der Waals surface area (Å²) in [7, 11) is 0. The van der Waals surface area contributed by atoms with Crippen molar-refractivity contribution in [1.29, 1.82) is 5.41 Å². The summed E-state index contributed by atoms with van der Waals surface area (Å²) in [5.74, 6) is 1.04. The number of hydrogen-bond donors (Lipinski definition) is 2. The lowest BCUT2D eigenvalue weighted by atomic mass is 10.1. The number of nitrogens with one attached hydrogen (secondary N) is 1. The van der Waals surface area contributed by atoms with Crippen LogP contribution in [0.15, 0.2) is 36.7 Å². The molecule has 82 valence electrons. The Kier molecular flexibility index (Phi) is 2.72. The van der Waals surface area contributed by atoms with Crippen LogP contribution in [0.5, 0.6) is 0 Å². The molecule has 0 saturated carbocycles. The maximum Gasteiger partial charge on any atom is 0.124 e. The van der Waals surface area contributed by atoms with Gasteiger partial charge < -0.3 is 10.3 Å². The van der Waals surface area contributed by atoms with Crippen molar-refractivity contribution in [2.75, 3.05) is 0 Å². The van der Waals surface area contributed by atoms with Gasteiger partial charge in [0.05, 0.1) is 5.69 Å². The van der Waals surface area contributed by atoms with Gasteiger partial charge in [0.2, 0.25) is 0 Å². The van der Waals surface area contributed by atoms with E-state index in [1.807, 2.05) is 35.0 Å². The fourth-order valence-electron chi connectivity index (χ4n) is 1.73. The quantitative estimate of drug-likeness (QED) is 0.603. The zero-order valence-electron chi connectivity index (χ0n) is 9.14. The minimum atomic E-state index is 0.0753. The van der Waals surface area contributed by atoms with Crippen molar-refractivity contribution in [3.8, 4) is 5.69 Å². The summed E-state index contributed by atoms with van der Waals surface area (Å²) >= 11 is 0. The molecule has 0 fully saturated rings. The summed E-state index contributed by atoms with van der Waals surface area (Å²) in [5.41, 5.74) is 7.20. The van der Waals surface area contributed by atoms with Gasteiger partial charge in [0.1, 0.15) is 11.7 Å². The third-order valence-electron chi connectivity index (χ3n) is 2.49.